The van der Waals surface area contributed by atoms with Crippen molar-refractivity contribution in [2.24, 2.45) is 0 Å². The van der Waals surface area contributed by atoms with Crippen LogP contribution in [0, 0.1) is 0 Å². The molecule has 0 spiro atoms. The zero-order chi connectivity index (χ0) is 13.7. The van der Waals surface area contributed by atoms with Crippen molar-refractivity contribution in [1.82, 2.24) is 10.3 Å². The van der Waals surface area contributed by atoms with Crippen molar-refractivity contribution in [3.05, 3.63) is 42.1 Å². The summed E-state index contributed by atoms with van der Waals surface area (Å²) in [5, 5.41) is 4.22. The maximum atomic E-state index is 11.6. The Kier molecular flexibility index (Phi) is 4.47. The third-order valence-electron chi connectivity index (χ3n) is 3.05. The zero-order valence-electron chi connectivity index (χ0n) is 11.2. The number of rotatable bonds is 5. The number of carbonyl (C=O) groups excluding carboxylic acids is 1. The fraction of sp³-hybridized carbons (Fsp3) is 0.333. The summed E-state index contributed by atoms with van der Waals surface area (Å²) in [6, 6.07) is 9.91. The third-order valence-corrected chi connectivity index (χ3v) is 3.05. The van der Waals surface area contributed by atoms with Crippen LogP contribution in [0.3, 0.4) is 0 Å². The van der Waals surface area contributed by atoms with E-state index in [1.807, 2.05) is 38.2 Å². The van der Waals surface area contributed by atoms with Crippen molar-refractivity contribution in [2.75, 3.05) is 13.7 Å². The van der Waals surface area contributed by atoms with E-state index in [1.165, 1.54) is 0 Å². The molecule has 0 aliphatic heterocycles. The second-order valence-corrected chi connectivity index (χ2v) is 4.31. The van der Waals surface area contributed by atoms with E-state index < -0.39 is 0 Å². The van der Waals surface area contributed by atoms with Crippen LogP contribution >= 0.6 is 0 Å². The minimum atomic E-state index is -0.187. The molecule has 0 fully saturated rings. The van der Waals surface area contributed by atoms with Crippen molar-refractivity contribution in [3.8, 4) is 0 Å². The highest BCUT2D eigenvalue weighted by molar-refractivity contribution is 5.79. The molecule has 0 aliphatic rings. The van der Waals surface area contributed by atoms with E-state index in [0.29, 0.717) is 13.0 Å². The van der Waals surface area contributed by atoms with Gasteiger partial charge in [-0.15, -0.1) is 0 Å². The van der Waals surface area contributed by atoms with E-state index in [9.17, 15) is 4.79 Å². The number of nitrogens with zero attached hydrogens (tertiary/aromatic N) is 1. The first-order valence-corrected chi connectivity index (χ1v) is 6.42. The minimum Gasteiger partial charge on any atom is -0.466 e. The average molecular weight is 258 g/mol. The Morgan fingerprint density at radius 1 is 1.42 bits per heavy atom. The van der Waals surface area contributed by atoms with Gasteiger partial charge in [0.25, 0.3) is 0 Å². The smallest absolute Gasteiger partial charge is 0.307 e. The predicted molar refractivity (Wildman–Crippen MR) is 74.8 cm³/mol. The number of hydrogen-bond donors (Lipinski definition) is 1. The van der Waals surface area contributed by atoms with Crippen LogP contribution in [0.2, 0.25) is 0 Å². The van der Waals surface area contributed by atoms with Gasteiger partial charge in [0.2, 0.25) is 0 Å². The van der Waals surface area contributed by atoms with Gasteiger partial charge in [0.1, 0.15) is 0 Å². The van der Waals surface area contributed by atoms with E-state index in [-0.39, 0.29) is 12.0 Å². The van der Waals surface area contributed by atoms with Crippen LogP contribution in [0.1, 0.15) is 24.9 Å². The summed E-state index contributed by atoms with van der Waals surface area (Å²) >= 11 is 0. The van der Waals surface area contributed by atoms with E-state index in [1.54, 1.807) is 6.20 Å². The van der Waals surface area contributed by atoms with Crippen molar-refractivity contribution in [2.45, 2.75) is 19.4 Å². The number of hydrogen-bond acceptors (Lipinski definition) is 4. The highest BCUT2D eigenvalue weighted by Gasteiger charge is 2.15. The molecule has 1 aromatic carbocycles. The van der Waals surface area contributed by atoms with Crippen molar-refractivity contribution in [3.63, 3.8) is 0 Å². The first kappa shape index (κ1) is 13.5. The van der Waals surface area contributed by atoms with E-state index in [2.05, 4.69) is 16.4 Å². The van der Waals surface area contributed by atoms with Gasteiger partial charge >= 0.3 is 5.97 Å². The average Bonchev–Trinajstić information content (AvgIpc) is 2.44. The molecule has 0 aliphatic carbocycles. The molecule has 19 heavy (non-hydrogen) atoms. The fourth-order valence-corrected chi connectivity index (χ4v) is 2.08. The maximum Gasteiger partial charge on any atom is 0.307 e. The molecule has 1 unspecified atom stereocenters. The summed E-state index contributed by atoms with van der Waals surface area (Å²) in [4.78, 5) is 15.9. The van der Waals surface area contributed by atoms with E-state index in [4.69, 9.17) is 4.74 Å². The molecule has 0 saturated heterocycles. The normalized spacial score (nSPS) is 12.3. The first-order valence-electron chi connectivity index (χ1n) is 6.42. The molecular formula is C15H18N2O2. The third kappa shape index (κ3) is 3.29. The van der Waals surface area contributed by atoms with Crippen LogP contribution in [0.25, 0.3) is 10.9 Å². The second-order valence-electron chi connectivity index (χ2n) is 4.31. The lowest BCUT2D eigenvalue weighted by Gasteiger charge is -2.16. The summed E-state index contributed by atoms with van der Waals surface area (Å²) in [6.45, 7) is 2.23. The van der Waals surface area contributed by atoms with Crippen LogP contribution in [-0.4, -0.2) is 24.6 Å². The lowest BCUT2D eigenvalue weighted by atomic mass is 10.0. The number of ether oxygens (including phenoxy) is 1. The minimum absolute atomic E-state index is 0.0383. The summed E-state index contributed by atoms with van der Waals surface area (Å²) in [5.41, 5.74) is 2.02. The Hall–Kier alpha value is -1.94. The van der Waals surface area contributed by atoms with Crippen molar-refractivity contribution in [1.29, 1.82) is 0 Å². The SMILES string of the molecule is CCOC(=O)CC(NC)c1ccc2ncccc2c1. The Morgan fingerprint density at radius 2 is 2.26 bits per heavy atom. The second kappa shape index (κ2) is 6.29. The zero-order valence-corrected chi connectivity index (χ0v) is 11.2. The molecule has 1 atom stereocenters. The highest BCUT2D eigenvalue weighted by atomic mass is 16.5. The number of carbonyl (C=O) groups is 1. The van der Waals surface area contributed by atoms with Crippen molar-refractivity contribution < 1.29 is 9.53 Å². The fourth-order valence-electron chi connectivity index (χ4n) is 2.08. The van der Waals surface area contributed by atoms with Gasteiger partial charge in [-0.25, -0.2) is 0 Å². The molecule has 1 heterocycles. The van der Waals surface area contributed by atoms with Crippen LogP contribution in [0.5, 0.6) is 0 Å². The molecule has 0 radical (unpaired) electrons. The molecule has 0 amide bonds. The number of esters is 1. The molecule has 2 aromatic rings. The highest BCUT2D eigenvalue weighted by Crippen LogP contribution is 2.21. The van der Waals surface area contributed by atoms with Gasteiger partial charge in [0.15, 0.2) is 0 Å². The Morgan fingerprint density at radius 3 is 3.00 bits per heavy atom. The lowest BCUT2D eigenvalue weighted by Crippen LogP contribution is -2.21. The Bertz CT molecular complexity index is 569. The number of aromatic nitrogens is 1. The molecule has 0 bridgehead atoms. The first-order chi connectivity index (χ1) is 9.24. The number of fused-ring (bicyclic) bond motifs is 1. The van der Waals surface area contributed by atoms with Gasteiger partial charge in [-0.1, -0.05) is 12.1 Å². The molecule has 4 heteroatoms. The van der Waals surface area contributed by atoms with Gasteiger partial charge in [-0.05, 0) is 37.7 Å². The van der Waals surface area contributed by atoms with Gasteiger partial charge in [-0.3, -0.25) is 9.78 Å². The number of pyridine rings is 1. The molecular weight excluding hydrogens is 240 g/mol. The van der Waals surface area contributed by atoms with E-state index in [0.717, 1.165) is 16.5 Å². The summed E-state index contributed by atoms with van der Waals surface area (Å²) in [7, 11) is 1.84. The Labute approximate surface area is 112 Å². The predicted octanol–water partition coefficient (Wildman–Crippen LogP) is 2.45. The largest absolute Gasteiger partial charge is 0.466 e. The maximum absolute atomic E-state index is 11.6. The van der Waals surface area contributed by atoms with Crippen LogP contribution in [-0.2, 0) is 9.53 Å². The van der Waals surface area contributed by atoms with Crippen molar-refractivity contribution >= 4 is 16.9 Å². The van der Waals surface area contributed by atoms with Crippen LogP contribution in [0.4, 0.5) is 0 Å². The molecule has 0 saturated carbocycles. The number of benzene rings is 1. The Balaban J connectivity index is 2.22. The number of nitrogens with one attached hydrogen (secondary N) is 1. The molecule has 100 valence electrons. The van der Waals surface area contributed by atoms with Gasteiger partial charge in [0, 0.05) is 17.6 Å². The monoisotopic (exact) mass is 258 g/mol. The standard InChI is InChI=1S/C15H18N2O2/c1-3-19-15(18)10-14(16-2)12-6-7-13-11(9-12)5-4-8-17-13/h4-9,14,16H,3,10H2,1-2H3. The lowest BCUT2D eigenvalue weighted by molar-refractivity contribution is -0.143. The molecule has 1 N–H and O–H groups in total. The summed E-state index contributed by atoms with van der Waals surface area (Å²) < 4.78 is 4.99. The molecule has 2 rings (SSSR count). The van der Waals surface area contributed by atoms with Crippen LogP contribution in [0.15, 0.2) is 36.5 Å². The van der Waals surface area contributed by atoms with Gasteiger partial charge in [-0.2, -0.15) is 0 Å². The molecule has 1 aromatic heterocycles. The van der Waals surface area contributed by atoms with E-state index >= 15 is 0 Å². The van der Waals surface area contributed by atoms with Gasteiger partial charge < -0.3 is 10.1 Å². The topological polar surface area (TPSA) is 51.2 Å². The molecule has 4 nitrogen and oxygen atoms in total. The summed E-state index contributed by atoms with van der Waals surface area (Å²) in [5.74, 6) is -0.187. The summed E-state index contributed by atoms with van der Waals surface area (Å²) in [6.07, 6.45) is 2.10. The quantitative estimate of drug-likeness (QED) is 0.837. The van der Waals surface area contributed by atoms with Gasteiger partial charge in [0.05, 0.1) is 18.5 Å². The van der Waals surface area contributed by atoms with Crippen LogP contribution < -0.4 is 5.32 Å².